The van der Waals surface area contributed by atoms with Crippen LogP contribution in [0.3, 0.4) is 0 Å². The van der Waals surface area contributed by atoms with E-state index in [1.807, 2.05) is 44.2 Å². The molecule has 0 radical (unpaired) electrons. The van der Waals surface area contributed by atoms with Gasteiger partial charge in [0, 0.05) is 18.8 Å². The molecule has 0 bridgehead atoms. The van der Waals surface area contributed by atoms with E-state index in [4.69, 9.17) is 0 Å². The minimum Gasteiger partial charge on any atom is -0.372 e. The highest BCUT2D eigenvalue weighted by molar-refractivity contribution is 8.18. The van der Waals surface area contributed by atoms with Crippen LogP contribution in [-0.4, -0.2) is 24.2 Å². The van der Waals surface area contributed by atoms with E-state index in [0.29, 0.717) is 10.1 Å². The zero-order chi connectivity index (χ0) is 19.4. The number of nitrogens with zero attached hydrogens (tertiary/aromatic N) is 2. The maximum Gasteiger partial charge on any atom is 0.264 e. The van der Waals surface area contributed by atoms with Gasteiger partial charge in [-0.15, -0.1) is 0 Å². The molecule has 1 N–H and O–H groups in total. The van der Waals surface area contributed by atoms with Crippen molar-refractivity contribution in [2.24, 2.45) is 4.99 Å². The smallest absolute Gasteiger partial charge is 0.264 e. The van der Waals surface area contributed by atoms with Crippen LogP contribution in [0, 0.1) is 13.8 Å². The molecule has 1 heterocycles. The molecule has 2 aromatic rings. The monoisotopic (exact) mass is 379 g/mol. The van der Waals surface area contributed by atoms with Crippen LogP contribution in [0.25, 0.3) is 6.08 Å². The van der Waals surface area contributed by atoms with Gasteiger partial charge in [-0.1, -0.05) is 18.2 Å². The Kier molecular flexibility index (Phi) is 6.01. The molecule has 1 aliphatic rings. The number of amidine groups is 1. The number of nitrogens with one attached hydrogen (secondary N) is 1. The largest absolute Gasteiger partial charge is 0.372 e. The predicted molar refractivity (Wildman–Crippen MR) is 117 cm³/mol. The molecule has 0 saturated carbocycles. The highest BCUT2D eigenvalue weighted by Crippen LogP contribution is 2.29. The van der Waals surface area contributed by atoms with Gasteiger partial charge in [-0.05, 0) is 86.5 Å². The number of amides is 1. The molecule has 1 fully saturated rings. The molecule has 3 rings (SSSR count). The Bertz CT molecular complexity index is 876. The summed E-state index contributed by atoms with van der Waals surface area (Å²) in [6, 6.07) is 14.4. The van der Waals surface area contributed by atoms with Gasteiger partial charge in [0.25, 0.3) is 5.91 Å². The molecule has 4 nitrogen and oxygen atoms in total. The number of thioether (sulfide) groups is 1. The van der Waals surface area contributed by atoms with Gasteiger partial charge in [-0.25, -0.2) is 4.99 Å². The van der Waals surface area contributed by atoms with Crippen molar-refractivity contribution in [2.75, 3.05) is 18.0 Å². The summed E-state index contributed by atoms with van der Waals surface area (Å²) in [6.07, 6.45) is 1.91. The molecule has 140 valence electrons. The van der Waals surface area contributed by atoms with Crippen LogP contribution in [0.2, 0.25) is 0 Å². The van der Waals surface area contributed by atoms with Crippen molar-refractivity contribution in [1.29, 1.82) is 0 Å². The Morgan fingerprint density at radius 2 is 1.67 bits per heavy atom. The van der Waals surface area contributed by atoms with Crippen LogP contribution < -0.4 is 10.2 Å². The van der Waals surface area contributed by atoms with Gasteiger partial charge in [-0.2, -0.15) is 0 Å². The fourth-order valence-corrected chi connectivity index (χ4v) is 3.98. The number of hydrogen-bond donors (Lipinski definition) is 1. The van der Waals surface area contributed by atoms with Gasteiger partial charge in [0.1, 0.15) is 0 Å². The van der Waals surface area contributed by atoms with E-state index in [0.717, 1.165) is 35.5 Å². The van der Waals surface area contributed by atoms with E-state index in [1.54, 1.807) is 0 Å². The Hall–Kier alpha value is -2.53. The van der Waals surface area contributed by atoms with E-state index >= 15 is 0 Å². The van der Waals surface area contributed by atoms with Crippen molar-refractivity contribution < 1.29 is 4.79 Å². The lowest BCUT2D eigenvalue weighted by molar-refractivity contribution is -0.115. The van der Waals surface area contributed by atoms with E-state index in [-0.39, 0.29) is 5.91 Å². The van der Waals surface area contributed by atoms with Gasteiger partial charge >= 0.3 is 0 Å². The second-order valence-electron chi connectivity index (χ2n) is 6.59. The van der Waals surface area contributed by atoms with Crippen LogP contribution in [0.5, 0.6) is 0 Å². The number of benzene rings is 2. The Morgan fingerprint density at radius 3 is 2.26 bits per heavy atom. The molecular formula is C22H25N3OS. The van der Waals surface area contributed by atoms with Gasteiger partial charge in [0.2, 0.25) is 0 Å². The van der Waals surface area contributed by atoms with Crippen LogP contribution in [-0.2, 0) is 4.79 Å². The van der Waals surface area contributed by atoms with Gasteiger partial charge < -0.3 is 10.2 Å². The topological polar surface area (TPSA) is 44.7 Å². The maximum absolute atomic E-state index is 12.3. The third kappa shape index (κ3) is 4.80. The highest BCUT2D eigenvalue weighted by Gasteiger charge is 2.23. The van der Waals surface area contributed by atoms with Crippen LogP contribution in [0.15, 0.2) is 52.4 Å². The van der Waals surface area contributed by atoms with Crippen molar-refractivity contribution >= 4 is 40.3 Å². The molecule has 0 spiro atoms. The van der Waals surface area contributed by atoms with Gasteiger partial charge in [0.05, 0.1) is 10.6 Å². The normalized spacial score (nSPS) is 16.8. The molecule has 1 amide bonds. The molecule has 27 heavy (non-hydrogen) atoms. The number of rotatable bonds is 5. The predicted octanol–water partition coefficient (Wildman–Crippen LogP) is 5.04. The number of carbonyl (C=O) groups is 1. The van der Waals surface area contributed by atoms with E-state index in [2.05, 4.69) is 47.3 Å². The Labute approximate surface area is 165 Å². The zero-order valence-electron chi connectivity index (χ0n) is 16.2. The van der Waals surface area contributed by atoms with E-state index in [9.17, 15) is 4.79 Å². The molecule has 0 aromatic heterocycles. The first-order chi connectivity index (χ1) is 13.0. The van der Waals surface area contributed by atoms with Crippen LogP contribution >= 0.6 is 11.8 Å². The van der Waals surface area contributed by atoms with Crippen LogP contribution in [0.4, 0.5) is 11.4 Å². The quantitative estimate of drug-likeness (QED) is 0.740. The summed E-state index contributed by atoms with van der Waals surface area (Å²) in [5.41, 5.74) is 5.39. The van der Waals surface area contributed by atoms with Gasteiger partial charge in [-0.3, -0.25) is 4.79 Å². The first kappa shape index (κ1) is 19.2. The molecular weight excluding hydrogens is 354 g/mol. The lowest BCUT2D eigenvalue weighted by Crippen LogP contribution is -2.21. The average Bonchev–Trinajstić information content (AvgIpc) is 2.95. The summed E-state index contributed by atoms with van der Waals surface area (Å²) in [4.78, 5) is 19.8. The second kappa shape index (κ2) is 8.44. The SMILES string of the molecule is CCN(CC)c1ccc(/C=C2\SC(=Nc3cc(C)cc(C)c3)NC2=O)cc1. The van der Waals surface area contributed by atoms with Gasteiger partial charge in [0.15, 0.2) is 5.17 Å². The fourth-order valence-electron chi connectivity index (χ4n) is 3.13. The van der Waals surface area contributed by atoms with E-state index < -0.39 is 0 Å². The molecule has 0 aliphatic carbocycles. The van der Waals surface area contributed by atoms with Crippen molar-refractivity contribution in [3.05, 3.63) is 64.1 Å². The van der Waals surface area contributed by atoms with Crippen molar-refractivity contribution in [1.82, 2.24) is 5.32 Å². The number of hydrogen-bond acceptors (Lipinski definition) is 4. The molecule has 2 aromatic carbocycles. The molecule has 1 saturated heterocycles. The number of anilines is 1. The minimum absolute atomic E-state index is 0.101. The summed E-state index contributed by atoms with van der Waals surface area (Å²) < 4.78 is 0. The molecule has 5 heteroatoms. The first-order valence-electron chi connectivity index (χ1n) is 9.21. The van der Waals surface area contributed by atoms with Crippen molar-refractivity contribution in [3.63, 3.8) is 0 Å². The Morgan fingerprint density at radius 1 is 1.04 bits per heavy atom. The second-order valence-corrected chi connectivity index (χ2v) is 7.62. The summed E-state index contributed by atoms with van der Waals surface area (Å²) in [5, 5.41) is 3.48. The Balaban J connectivity index is 1.78. The number of aliphatic imine (C=N–C) groups is 1. The maximum atomic E-state index is 12.3. The minimum atomic E-state index is -0.101. The first-order valence-corrected chi connectivity index (χ1v) is 10.0. The standard InChI is InChI=1S/C22H25N3OS/c1-5-25(6-2)19-9-7-17(8-10-19)14-20-21(26)24-22(27-20)23-18-12-15(3)11-16(4)13-18/h7-14H,5-6H2,1-4H3,(H,23,24,26)/b20-14-. The lowest BCUT2D eigenvalue weighted by Gasteiger charge is -2.20. The summed E-state index contributed by atoms with van der Waals surface area (Å²) in [6.45, 7) is 10.3. The highest BCUT2D eigenvalue weighted by atomic mass is 32.2. The average molecular weight is 380 g/mol. The summed E-state index contributed by atoms with van der Waals surface area (Å²) >= 11 is 1.38. The zero-order valence-corrected chi connectivity index (χ0v) is 17.1. The third-order valence-electron chi connectivity index (χ3n) is 4.41. The third-order valence-corrected chi connectivity index (χ3v) is 5.32. The lowest BCUT2D eigenvalue weighted by atomic mass is 10.1. The molecule has 0 unspecified atom stereocenters. The summed E-state index contributed by atoms with van der Waals surface area (Å²) in [7, 11) is 0. The van der Waals surface area contributed by atoms with E-state index in [1.165, 1.54) is 17.4 Å². The number of carbonyl (C=O) groups excluding carboxylic acids is 1. The molecule has 0 atom stereocenters. The van der Waals surface area contributed by atoms with Crippen molar-refractivity contribution in [2.45, 2.75) is 27.7 Å². The fraction of sp³-hybridized carbons (Fsp3) is 0.273. The van der Waals surface area contributed by atoms with Crippen molar-refractivity contribution in [3.8, 4) is 0 Å². The molecule has 1 aliphatic heterocycles. The number of aryl methyl sites for hydroxylation is 2. The summed E-state index contributed by atoms with van der Waals surface area (Å²) in [5.74, 6) is -0.101. The van der Waals surface area contributed by atoms with Crippen LogP contribution in [0.1, 0.15) is 30.5 Å².